The zero-order valence-corrected chi connectivity index (χ0v) is 13.4. The minimum atomic E-state index is -0.668. The normalized spacial score (nSPS) is 18.4. The smallest absolute Gasteiger partial charge is 0.303 e. The van der Waals surface area contributed by atoms with Crippen molar-refractivity contribution in [1.82, 2.24) is 9.88 Å². The van der Waals surface area contributed by atoms with Gasteiger partial charge in [0, 0.05) is 17.2 Å². The van der Waals surface area contributed by atoms with Crippen molar-refractivity contribution >= 4 is 17.3 Å². The zero-order chi connectivity index (χ0) is 14.8. The van der Waals surface area contributed by atoms with Crippen molar-refractivity contribution in [1.29, 1.82) is 0 Å². The van der Waals surface area contributed by atoms with E-state index in [1.807, 2.05) is 0 Å². The first-order valence-corrected chi connectivity index (χ1v) is 8.11. The van der Waals surface area contributed by atoms with Gasteiger partial charge in [0.2, 0.25) is 0 Å². The van der Waals surface area contributed by atoms with Gasteiger partial charge in [-0.2, -0.15) is 0 Å². The van der Waals surface area contributed by atoms with Crippen molar-refractivity contribution in [3.05, 3.63) is 16.1 Å². The number of carbonyl (C=O) groups is 1. The molecule has 0 aliphatic carbocycles. The van der Waals surface area contributed by atoms with Crippen LogP contribution >= 0.6 is 11.3 Å². The highest BCUT2D eigenvalue weighted by Crippen LogP contribution is 2.26. The number of nitrogens with zero attached hydrogens (tertiary/aromatic N) is 2. The lowest BCUT2D eigenvalue weighted by atomic mass is 9.93. The van der Waals surface area contributed by atoms with Gasteiger partial charge < -0.3 is 5.11 Å². The van der Waals surface area contributed by atoms with Gasteiger partial charge in [-0.25, -0.2) is 4.98 Å². The topological polar surface area (TPSA) is 53.4 Å². The molecule has 1 N–H and O–H groups in total. The van der Waals surface area contributed by atoms with Crippen LogP contribution in [-0.2, 0) is 16.8 Å². The maximum Gasteiger partial charge on any atom is 0.303 e. The van der Waals surface area contributed by atoms with E-state index in [1.165, 1.54) is 10.7 Å². The van der Waals surface area contributed by atoms with Gasteiger partial charge in [0.05, 0.1) is 12.2 Å². The van der Waals surface area contributed by atoms with Gasteiger partial charge in [-0.15, -0.1) is 11.3 Å². The first-order valence-electron chi connectivity index (χ1n) is 7.23. The van der Waals surface area contributed by atoms with Gasteiger partial charge in [-0.05, 0) is 31.8 Å². The standard InChI is InChI=1S/C15H24N2O2S/c1-15(2,3)12-10-20-13(16-12)9-17-6-4-11(5-7-17)8-14(18)19/h10-11H,4-9H2,1-3H3,(H,18,19). The van der Waals surface area contributed by atoms with Crippen molar-refractivity contribution in [2.45, 2.75) is 52.0 Å². The predicted octanol–water partition coefficient (Wildman–Crippen LogP) is 3.13. The van der Waals surface area contributed by atoms with Gasteiger partial charge in [0.1, 0.15) is 5.01 Å². The molecule has 0 aromatic carbocycles. The van der Waals surface area contributed by atoms with Crippen LogP contribution in [0.4, 0.5) is 0 Å². The molecule has 5 heteroatoms. The molecule has 4 nitrogen and oxygen atoms in total. The number of hydrogen-bond acceptors (Lipinski definition) is 4. The van der Waals surface area contributed by atoms with Crippen LogP contribution in [0.5, 0.6) is 0 Å². The van der Waals surface area contributed by atoms with E-state index in [4.69, 9.17) is 10.1 Å². The average molecular weight is 296 g/mol. The molecule has 1 aromatic heterocycles. The number of thiazole rings is 1. The number of likely N-dealkylation sites (tertiary alicyclic amines) is 1. The predicted molar refractivity (Wildman–Crippen MR) is 81.1 cm³/mol. The van der Waals surface area contributed by atoms with Crippen LogP contribution < -0.4 is 0 Å². The molecule has 2 rings (SSSR count). The third kappa shape index (κ3) is 4.28. The molecule has 1 aliphatic rings. The highest BCUT2D eigenvalue weighted by Gasteiger charge is 2.23. The molecule has 0 unspecified atom stereocenters. The van der Waals surface area contributed by atoms with Gasteiger partial charge in [0.25, 0.3) is 0 Å². The van der Waals surface area contributed by atoms with E-state index in [0.29, 0.717) is 12.3 Å². The lowest BCUT2D eigenvalue weighted by Crippen LogP contribution is -2.33. The molecular weight excluding hydrogens is 272 g/mol. The molecular formula is C15H24N2O2S. The lowest BCUT2D eigenvalue weighted by Gasteiger charge is -2.30. The van der Waals surface area contributed by atoms with E-state index in [0.717, 1.165) is 32.5 Å². The summed E-state index contributed by atoms with van der Waals surface area (Å²) in [4.78, 5) is 17.8. The van der Waals surface area contributed by atoms with Gasteiger partial charge in [-0.3, -0.25) is 9.69 Å². The van der Waals surface area contributed by atoms with Crippen molar-refractivity contribution in [3.63, 3.8) is 0 Å². The number of carboxylic acids is 1. The summed E-state index contributed by atoms with van der Waals surface area (Å²) in [7, 11) is 0. The summed E-state index contributed by atoms with van der Waals surface area (Å²) >= 11 is 1.73. The Bertz CT molecular complexity index is 457. The number of piperidine rings is 1. The van der Waals surface area contributed by atoms with Gasteiger partial charge >= 0.3 is 5.97 Å². The molecule has 0 bridgehead atoms. The third-order valence-electron chi connectivity index (χ3n) is 3.85. The summed E-state index contributed by atoms with van der Waals surface area (Å²) in [5.41, 5.74) is 1.28. The highest BCUT2D eigenvalue weighted by atomic mass is 32.1. The Morgan fingerprint density at radius 2 is 2.10 bits per heavy atom. The molecule has 0 saturated carbocycles. The molecule has 0 spiro atoms. The van der Waals surface area contributed by atoms with E-state index >= 15 is 0 Å². The first kappa shape index (κ1) is 15.4. The second-order valence-electron chi connectivity index (χ2n) is 6.69. The number of rotatable bonds is 4. The van der Waals surface area contributed by atoms with Crippen LogP contribution in [0.2, 0.25) is 0 Å². The second-order valence-corrected chi connectivity index (χ2v) is 7.64. The van der Waals surface area contributed by atoms with E-state index in [1.54, 1.807) is 11.3 Å². The number of carboxylic acid groups (broad SMARTS) is 1. The van der Waals surface area contributed by atoms with Crippen molar-refractivity contribution in [3.8, 4) is 0 Å². The second kappa shape index (κ2) is 6.22. The van der Waals surface area contributed by atoms with E-state index < -0.39 is 5.97 Å². The molecule has 20 heavy (non-hydrogen) atoms. The van der Waals surface area contributed by atoms with Crippen molar-refractivity contribution in [2.75, 3.05) is 13.1 Å². The highest BCUT2D eigenvalue weighted by molar-refractivity contribution is 7.09. The van der Waals surface area contributed by atoms with Crippen LogP contribution in [0.25, 0.3) is 0 Å². The zero-order valence-electron chi connectivity index (χ0n) is 12.6. The molecule has 0 amide bonds. The van der Waals surface area contributed by atoms with Crippen molar-refractivity contribution < 1.29 is 9.90 Å². The monoisotopic (exact) mass is 296 g/mol. The number of aromatic nitrogens is 1. The van der Waals surface area contributed by atoms with E-state index in [9.17, 15) is 4.79 Å². The van der Waals surface area contributed by atoms with Crippen LogP contribution in [-0.4, -0.2) is 34.0 Å². The van der Waals surface area contributed by atoms with Crippen LogP contribution in [0, 0.1) is 5.92 Å². The van der Waals surface area contributed by atoms with Gasteiger partial charge in [0.15, 0.2) is 0 Å². The Morgan fingerprint density at radius 3 is 2.60 bits per heavy atom. The molecule has 1 aliphatic heterocycles. The molecule has 2 heterocycles. The summed E-state index contributed by atoms with van der Waals surface area (Å²) in [6.45, 7) is 9.43. The molecule has 1 saturated heterocycles. The summed E-state index contributed by atoms with van der Waals surface area (Å²) in [6.07, 6.45) is 2.30. The Hall–Kier alpha value is -0.940. The third-order valence-corrected chi connectivity index (χ3v) is 4.68. The van der Waals surface area contributed by atoms with Crippen LogP contribution in [0.1, 0.15) is 50.7 Å². The molecule has 112 valence electrons. The Balaban J connectivity index is 1.84. The lowest BCUT2D eigenvalue weighted by molar-refractivity contribution is -0.138. The molecule has 0 radical (unpaired) electrons. The Morgan fingerprint density at radius 1 is 1.45 bits per heavy atom. The number of hydrogen-bond donors (Lipinski definition) is 1. The SMILES string of the molecule is CC(C)(C)c1csc(CN2CCC(CC(=O)O)CC2)n1. The van der Waals surface area contributed by atoms with Crippen LogP contribution in [0.15, 0.2) is 5.38 Å². The fourth-order valence-electron chi connectivity index (χ4n) is 2.51. The maximum atomic E-state index is 10.7. The molecule has 1 aromatic rings. The summed E-state index contributed by atoms with van der Waals surface area (Å²) in [5.74, 6) is -0.316. The van der Waals surface area contributed by atoms with Gasteiger partial charge in [-0.1, -0.05) is 20.8 Å². The van der Waals surface area contributed by atoms with E-state index in [2.05, 4.69) is 31.1 Å². The minimum Gasteiger partial charge on any atom is -0.481 e. The quantitative estimate of drug-likeness (QED) is 0.927. The van der Waals surface area contributed by atoms with Crippen molar-refractivity contribution in [2.24, 2.45) is 5.92 Å². The Labute approximate surface area is 124 Å². The summed E-state index contributed by atoms with van der Waals surface area (Å²) in [6, 6.07) is 0. The van der Waals surface area contributed by atoms with Crippen LogP contribution in [0.3, 0.4) is 0 Å². The maximum absolute atomic E-state index is 10.7. The first-order chi connectivity index (χ1) is 9.34. The number of aliphatic carboxylic acids is 1. The fourth-order valence-corrected chi connectivity index (χ4v) is 3.58. The molecule has 1 fully saturated rings. The summed E-state index contributed by atoms with van der Waals surface area (Å²) < 4.78 is 0. The fraction of sp³-hybridized carbons (Fsp3) is 0.733. The average Bonchev–Trinajstić information content (AvgIpc) is 2.79. The molecule has 0 atom stereocenters. The summed E-state index contributed by atoms with van der Waals surface area (Å²) in [5, 5.41) is 12.2. The van der Waals surface area contributed by atoms with E-state index in [-0.39, 0.29) is 5.41 Å². The largest absolute Gasteiger partial charge is 0.481 e. The minimum absolute atomic E-state index is 0.114. The Kier molecular flexibility index (Phi) is 4.81.